The summed E-state index contributed by atoms with van der Waals surface area (Å²) in [7, 11) is 0. The number of alkyl halides is 3. The third-order valence-electron chi connectivity index (χ3n) is 1.70. The number of nitrogens with two attached hydrogens (primary N) is 1. The second kappa shape index (κ2) is 3.70. The highest BCUT2D eigenvalue weighted by atomic mass is 32.1. The SMILES string of the molecule is N[C@@H](c1ccc(S)cc1O)C(F)(F)F. The Morgan fingerprint density at radius 1 is 1.36 bits per heavy atom. The second-order valence-corrected chi connectivity index (χ2v) is 3.28. The quantitative estimate of drug-likeness (QED) is 0.639. The van der Waals surface area contributed by atoms with Crippen LogP contribution in [0.5, 0.6) is 5.75 Å². The molecule has 0 aliphatic carbocycles. The summed E-state index contributed by atoms with van der Waals surface area (Å²) >= 11 is 3.86. The largest absolute Gasteiger partial charge is 0.508 e. The number of hydrogen-bond donors (Lipinski definition) is 3. The number of thiol groups is 1. The number of hydrogen-bond acceptors (Lipinski definition) is 3. The summed E-state index contributed by atoms with van der Waals surface area (Å²) < 4.78 is 36.5. The molecule has 0 saturated heterocycles. The first-order valence-corrected chi connectivity index (χ1v) is 4.11. The van der Waals surface area contributed by atoms with Gasteiger partial charge in [-0.15, -0.1) is 12.6 Å². The van der Waals surface area contributed by atoms with E-state index in [1.807, 2.05) is 0 Å². The van der Waals surface area contributed by atoms with E-state index in [2.05, 4.69) is 12.6 Å². The maximum atomic E-state index is 12.2. The molecule has 0 fully saturated rings. The summed E-state index contributed by atoms with van der Waals surface area (Å²) in [6, 6.07) is 1.39. The third kappa shape index (κ3) is 2.33. The smallest absolute Gasteiger partial charge is 0.407 e. The summed E-state index contributed by atoms with van der Waals surface area (Å²) in [5, 5.41) is 9.20. The van der Waals surface area contributed by atoms with Gasteiger partial charge in [-0.1, -0.05) is 6.07 Å². The van der Waals surface area contributed by atoms with Gasteiger partial charge in [-0.2, -0.15) is 13.2 Å². The van der Waals surface area contributed by atoms with Crippen LogP contribution in [-0.4, -0.2) is 11.3 Å². The molecule has 0 amide bonds. The molecule has 1 aromatic carbocycles. The predicted octanol–water partition coefficient (Wildman–Crippen LogP) is 2.24. The van der Waals surface area contributed by atoms with Crippen molar-refractivity contribution in [2.45, 2.75) is 17.1 Å². The molecule has 0 radical (unpaired) electrons. The van der Waals surface area contributed by atoms with Crippen LogP contribution in [0.4, 0.5) is 13.2 Å². The molecular weight excluding hydrogens is 215 g/mol. The van der Waals surface area contributed by atoms with Crippen LogP contribution < -0.4 is 5.73 Å². The molecule has 0 heterocycles. The van der Waals surface area contributed by atoms with E-state index in [1.165, 1.54) is 6.07 Å². The average Bonchev–Trinajstić information content (AvgIpc) is 2.01. The zero-order chi connectivity index (χ0) is 10.9. The Morgan fingerprint density at radius 2 is 1.93 bits per heavy atom. The van der Waals surface area contributed by atoms with E-state index in [9.17, 15) is 18.3 Å². The minimum atomic E-state index is -4.56. The highest BCUT2D eigenvalue weighted by Gasteiger charge is 2.39. The van der Waals surface area contributed by atoms with E-state index < -0.39 is 18.0 Å². The van der Waals surface area contributed by atoms with Gasteiger partial charge in [-0.05, 0) is 12.1 Å². The fraction of sp³-hybridized carbons (Fsp3) is 0.250. The summed E-state index contributed by atoms with van der Waals surface area (Å²) in [6.07, 6.45) is -4.56. The van der Waals surface area contributed by atoms with Gasteiger partial charge >= 0.3 is 6.18 Å². The molecule has 78 valence electrons. The standard InChI is InChI=1S/C8H8F3NOS/c9-8(10,11)7(12)5-2-1-4(14)3-6(5)13/h1-3,7,13-14H,12H2/t7-/m0/s1. The molecule has 2 nitrogen and oxygen atoms in total. The van der Waals surface area contributed by atoms with E-state index >= 15 is 0 Å². The lowest BCUT2D eigenvalue weighted by Gasteiger charge is -2.16. The number of benzene rings is 1. The molecule has 0 aliphatic heterocycles. The normalized spacial score (nSPS) is 14.1. The van der Waals surface area contributed by atoms with Crippen LogP contribution in [0.1, 0.15) is 11.6 Å². The molecule has 0 spiro atoms. The molecule has 1 rings (SSSR count). The Hall–Kier alpha value is -0.880. The third-order valence-corrected chi connectivity index (χ3v) is 1.98. The van der Waals surface area contributed by atoms with Gasteiger partial charge in [0.1, 0.15) is 11.8 Å². The van der Waals surface area contributed by atoms with Gasteiger partial charge in [-0.3, -0.25) is 0 Å². The number of phenols is 1. The van der Waals surface area contributed by atoms with Crippen LogP contribution in [0.25, 0.3) is 0 Å². The fourth-order valence-corrected chi connectivity index (χ4v) is 1.17. The Morgan fingerprint density at radius 3 is 2.36 bits per heavy atom. The van der Waals surface area contributed by atoms with Gasteiger partial charge in [0.2, 0.25) is 0 Å². The Balaban J connectivity index is 3.08. The van der Waals surface area contributed by atoms with Gasteiger partial charge in [0.15, 0.2) is 0 Å². The maximum absolute atomic E-state index is 12.2. The molecular formula is C8H8F3NOS. The topological polar surface area (TPSA) is 46.2 Å². The Kier molecular flexibility index (Phi) is 2.96. The molecule has 1 aromatic rings. The van der Waals surface area contributed by atoms with E-state index in [4.69, 9.17) is 5.73 Å². The van der Waals surface area contributed by atoms with Crippen molar-refractivity contribution in [1.82, 2.24) is 0 Å². The van der Waals surface area contributed by atoms with E-state index in [0.29, 0.717) is 4.90 Å². The minimum Gasteiger partial charge on any atom is -0.508 e. The molecule has 14 heavy (non-hydrogen) atoms. The van der Waals surface area contributed by atoms with E-state index in [-0.39, 0.29) is 5.56 Å². The minimum absolute atomic E-state index is 0.352. The van der Waals surface area contributed by atoms with Crippen molar-refractivity contribution in [2.75, 3.05) is 0 Å². The van der Waals surface area contributed by atoms with Crippen molar-refractivity contribution in [2.24, 2.45) is 5.73 Å². The average molecular weight is 223 g/mol. The van der Waals surface area contributed by atoms with Crippen LogP contribution in [0.15, 0.2) is 23.1 Å². The van der Waals surface area contributed by atoms with Crippen molar-refractivity contribution in [3.63, 3.8) is 0 Å². The number of halogens is 3. The fourth-order valence-electron chi connectivity index (χ4n) is 0.971. The molecule has 1 atom stereocenters. The lowest BCUT2D eigenvalue weighted by molar-refractivity contribution is -0.149. The molecule has 0 saturated carbocycles. The molecule has 0 unspecified atom stereocenters. The number of aromatic hydroxyl groups is 1. The summed E-state index contributed by atoms with van der Waals surface area (Å²) in [5.41, 5.74) is 4.56. The molecule has 3 N–H and O–H groups in total. The highest BCUT2D eigenvalue weighted by Crippen LogP contribution is 2.35. The van der Waals surface area contributed by atoms with Gasteiger partial charge < -0.3 is 10.8 Å². The maximum Gasteiger partial charge on any atom is 0.407 e. The van der Waals surface area contributed by atoms with Crippen LogP contribution in [0, 0.1) is 0 Å². The summed E-state index contributed by atoms with van der Waals surface area (Å²) in [6.45, 7) is 0. The van der Waals surface area contributed by atoms with Gasteiger partial charge in [0, 0.05) is 10.5 Å². The zero-order valence-electron chi connectivity index (χ0n) is 6.92. The zero-order valence-corrected chi connectivity index (χ0v) is 7.81. The Labute approximate surface area is 83.9 Å². The Bertz CT molecular complexity index is 340. The van der Waals surface area contributed by atoms with Crippen LogP contribution >= 0.6 is 12.6 Å². The number of rotatable bonds is 1. The van der Waals surface area contributed by atoms with Crippen LogP contribution in [-0.2, 0) is 0 Å². The number of phenolic OH excluding ortho intramolecular Hbond substituents is 1. The van der Waals surface area contributed by atoms with E-state index in [1.54, 1.807) is 0 Å². The first-order chi connectivity index (χ1) is 6.32. The van der Waals surface area contributed by atoms with E-state index in [0.717, 1.165) is 12.1 Å². The van der Waals surface area contributed by atoms with Crippen molar-refractivity contribution in [3.8, 4) is 5.75 Å². The first-order valence-electron chi connectivity index (χ1n) is 3.66. The lowest BCUT2D eigenvalue weighted by Crippen LogP contribution is -2.28. The van der Waals surface area contributed by atoms with Gasteiger partial charge in [-0.25, -0.2) is 0 Å². The summed E-state index contributed by atoms with van der Waals surface area (Å²) in [4.78, 5) is 0.376. The lowest BCUT2D eigenvalue weighted by atomic mass is 10.1. The predicted molar refractivity (Wildman–Crippen MR) is 48.3 cm³/mol. The van der Waals surface area contributed by atoms with Crippen LogP contribution in [0.2, 0.25) is 0 Å². The highest BCUT2D eigenvalue weighted by molar-refractivity contribution is 7.80. The molecule has 0 aliphatic rings. The van der Waals surface area contributed by atoms with Gasteiger partial charge in [0.05, 0.1) is 0 Å². The first kappa shape index (κ1) is 11.2. The molecule has 0 aromatic heterocycles. The van der Waals surface area contributed by atoms with Crippen LogP contribution in [0.3, 0.4) is 0 Å². The van der Waals surface area contributed by atoms with Crippen molar-refractivity contribution in [3.05, 3.63) is 23.8 Å². The monoisotopic (exact) mass is 223 g/mol. The second-order valence-electron chi connectivity index (χ2n) is 2.76. The molecule has 6 heteroatoms. The van der Waals surface area contributed by atoms with Crippen molar-refractivity contribution < 1.29 is 18.3 Å². The van der Waals surface area contributed by atoms with Crippen molar-refractivity contribution >= 4 is 12.6 Å². The van der Waals surface area contributed by atoms with Crippen molar-refractivity contribution in [1.29, 1.82) is 0 Å². The summed E-state index contributed by atoms with van der Waals surface area (Å²) in [5.74, 6) is -0.498. The van der Waals surface area contributed by atoms with Gasteiger partial charge in [0.25, 0.3) is 0 Å². The molecule has 0 bridgehead atoms.